The van der Waals surface area contributed by atoms with E-state index in [1.54, 1.807) is 11.3 Å². The summed E-state index contributed by atoms with van der Waals surface area (Å²) >= 11 is 1.72. The van der Waals surface area contributed by atoms with Gasteiger partial charge in [-0.3, -0.25) is 0 Å². The van der Waals surface area contributed by atoms with E-state index in [-0.39, 0.29) is 5.41 Å². The van der Waals surface area contributed by atoms with Gasteiger partial charge in [-0.2, -0.15) is 0 Å². The number of benzene rings is 7. The van der Waals surface area contributed by atoms with Crippen LogP contribution in [0.5, 0.6) is 0 Å². The van der Waals surface area contributed by atoms with Crippen LogP contribution in [0, 0.1) is 0 Å². The van der Waals surface area contributed by atoms with E-state index in [9.17, 15) is 0 Å². The smallest absolute Gasteiger partial charge is 0.164 e. The molecule has 0 saturated carbocycles. The lowest BCUT2D eigenvalue weighted by Gasteiger charge is -2.22. The molecule has 3 heterocycles. The minimum absolute atomic E-state index is 0.138. The zero-order valence-corrected chi connectivity index (χ0v) is 30.9. The van der Waals surface area contributed by atoms with Gasteiger partial charge in [-0.1, -0.05) is 147 Å². The van der Waals surface area contributed by atoms with Crippen LogP contribution in [0.1, 0.15) is 25.0 Å². The van der Waals surface area contributed by atoms with Crippen LogP contribution in [0.15, 0.2) is 162 Å². The number of fused-ring (bicyclic) bond motifs is 8. The third-order valence-corrected chi connectivity index (χ3v) is 12.0. The molecule has 11 rings (SSSR count). The van der Waals surface area contributed by atoms with Crippen molar-refractivity contribution in [3.63, 3.8) is 0 Å². The van der Waals surface area contributed by atoms with Gasteiger partial charge in [-0.25, -0.2) is 19.9 Å². The summed E-state index contributed by atoms with van der Waals surface area (Å²) in [4.78, 5) is 19.5. The molecule has 7 aromatic carbocycles. The lowest BCUT2D eigenvalue weighted by molar-refractivity contribution is 0.660. The van der Waals surface area contributed by atoms with Gasteiger partial charge in [-0.05, 0) is 46.0 Å². The molecule has 0 atom stereocenters. The zero-order chi connectivity index (χ0) is 36.7. The van der Waals surface area contributed by atoms with E-state index in [0.717, 1.165) is 66.4 Å². The van der Waals surface area contributed by atoms with E-state index in [2.05, 4.69) is 110 Å². The molecule has 0 fully saturated rings. The Hall–Kier alpha value is -6.76. The standard InChI is InChI=1S/C49H32N4OS/c1-49(2)39-24-25-41-45(55-28-50-41)42(39)38-23-22-32(27-40(38)49)35-19-11-21-37-36-20-10-18-34(43(36)54-44(35)37)31-16-9-17-33(26-31)48-52-46(29-12-5-3-6-13-29)51-47(53-48)30-14-7-4-8-15-30/h3-28H,1-2H3. The first-order chi connectivity index (χ1) is 27.0. The maximum Gasteiger partial charge on any atom is 0.164 e. The van der Waals surface area contributed by atoms with Crippen molar-refractivity contribution in [3.05, 3.63) is 168 Å². The van der Waals surface area contributed by atoms with Gasteiger partial charge < -0.3 is 4.42 Å². The van der Waals surface area contributed by atoms with Crippen molar-refractivity contribution in [2.75, 3.05) is 0 Å². The van der Waals surface area contributed by atoms with Crippen molar-refractivity contribution in [2.45, 2.75) is 19.3 Å². The molecule has 55 heavy (non-hydrogen) atoms. The third kappa shape index (κ3) is 4.99. The molecule has 0 radical (unpaired) electrons. The Balaban J connectivity index is 1.03. The first-order valence-corrected chi connectivity index (χ1v) is 19.3. The number of rotatable bonds is 5. The van der Waals surface area contributed by atoms with Crippen LogP contribution < -0.4 is 0 Å². The van der Waals surface area contributed by atoms with E-state index in [1.807, 2.05) is 66.2 Å². The largest absolute Gasteiger partial charge is 0.455 e. The molecule has 1 aliphatic carbocycles. The molecule has 6 heteroatoms. The Morgan fingerprint density at radius 2 is 1.04 bits per heavy atom. The van der Waals surface area contributed by atoms with Crippen molar-refractivity contribution in [2.24, 2.45) is 0 Å². The maximum atomic E-state index is 6.96. The lowest BCUT2D eigenvalue weighted by atomic mass is 9.81. The Bertz CT molecular complexity index is 3070. The Labute approximate surface area is 321 Å². The van der Waals surface area contributed by atoms with Gasteiger partial charge in [0.15, 0.2) is 17.5 Å². The molecule has 10 aromatic rings. The predicted octanol–water partition coefficient (Wildman–Crippen LogP) is 13.0. The highest BCUT2D eigenvalue weighted by Crippen LogP contribution is 2.53. The fourth-order valence-electron chi connectivity index (χ4n) is 8.35. The van der Waals surface area contributed by atoms with Crippen molar-refractivity contribution >= 4 is 43.5 Å². The molecule has 260 valence electrons. The molecule has 5 nitrogen and oxygen atoms in total. The molecule has 0 unspecified atom stereocenters. The maximum absolute atomic E-state index is 6.96. The monoisotopic (exact) mass is 724 g/mol. The Morgan fingerprint density at radius 3 is 1.69 bits per heavy atom. The fourth-order valence-corrected chi connectivity index (χ4v) is 9.20. The molecule has 0 saturated heterocycles. The van der Waals surface area contributed by atoms with Gasteiger partial charge in [0.2, 0.25) is 0 Å². The second-order valence-corrected chi connectivity index (χ2v) is 15.5. The summed E-state index contributed by atoms with van der Waals surface area (Å²) in [5, 5.41) is 2.18. The second-order valence-electron chi connectivity index (χ2n) is 14.7. The van der Waals surface area contributed by atoms with Crippen molar-refractivity contribution in [1.29, 1.82) is 0 Å². The summed E-state index contributed by atoms with van der Waals surface area (Å²) in [6, 6.07) is 52.8. The van der Waals surface area contributed by atoms with Crippen LogP contribution >= 0.6 is 11.3 Å². The molecule has 0 N–H and O–H groups in total. The van der Waals surface area contributed by atoms with Gasteiger partial charge >= 0.3 is 0 Å². The number of aromatic nitrogens is 4. The molecule has 0 amide bonds. The molecule has 1 aliphatic rings. The molecule has 0 bridgehead atoms. The number of hydrogen-bond donors (Lipinski definition) is 0. The van der Waals surface area contributed by atoms with E-state index in [1.165, 1.54) is 27.0 Å². The van der Waals surface area contributed by atoms with Crippen LogP contribution in [0.25, 0.3) is 99.7 Å². The molecular formula is C49H32N4OS. The molecule has 3 aromatic heterocycles. The number of hydrogen-bond acceptors (Lipinski definition) is 6. The average Bonchev–Trinajstić information content (AvgIpc) is 3.94. The van der Waals surface area contributed by atoms with Crippen LogP contribution in [-0.2, 0) is 5.41 Å². The Kier molecular flexibility index (Phi) is 7.00. The summed E-state index contributed by atoms with van der Waals surface area (Å²) in [5.41, 5.74) is 17.0. The normalized spacial score (nSPS) is 13.1. The van der Waals surface area contributed by atoms with Gasteiger partial charge in [0.25, 0.3) is 0 Å². The Morgan fingerprint density at radius 1 is 0.473 bits per heavy atom. The number of para-hydroxylation sites is 2. The van der Waals surface area contributed by atoms with Gasteiger partial charge in [0, 0.05) is 49.6 Å². The second kappa shape index (κ2) is 12.1. The quantitative estimate of drug-likeness (QED) is 0.177. The highest BCUT2D eigenvalue weighted by atomic mass is 32.1. The van der Waals surface area contributed by atoms with E-state index >= 15 is 0 Å². The van der Waals surface area contributed by atoms with Crippen LogP contribution in [0.3, 0.4) is 0 Å². The first kappa shape index (κ1) is 31.7. The fraction of sp³-hybridized carbons (Fsp3) is 0.0612. The summed E-state index contributed by atoms with van der Waals surface area (Å²) in [7, 11) is 0. The first-order valence-electron chi connectivity index (χ1n) is 18.5. The number of nitrogens with zero attached hydrogens (tertiary/aromatic N) is 4. The summed E-state index contributed by atoms with van der Waals surface area (Å²) in [6.45, 7) is 4.66. The summed E-state index contributed by atoms with van der Waals surface area (Å²) in [6.07, 6.45) is 0. The zero-order valence-electron chi connectivity index (χ0n) is 30.1. The summed E-state index contributed by atoms with van der Waals surface area (Å²) < 4.78 is 8.22. The molecule has 0 aliphatic heterocycles. The highest BCUT2D eigenvalue weighted by molar-refractivity contribution is 7.17. The minimum Gasteiger partial charge on any atom is -0.455 e. The van der Waals surface area contributed by atoms with E-state index in [0.29, 0.717) is 17.5 Å². The number of thiazole rings is 1. The molecule has 0 spiro atoms. The van der Waals surface area contributed by atoms with Gasteiger partial charge in [0.1, 0.15) is 11.2 Å². The third-order valence-electron chi connectivity index (χ3n) is 11.1. The van der Waals surface area contributed by atoms with Crippen LogP contribution in [-0.4, -0.2) is 19.9 Å². The van der Waals surface area contributed by atoms with Crippen molar-refractivity contribution in [3.8, 4) is 67.5 Å². The van der Waals surface area contributed by atoms with E-state index in [4.69, 9.17) is 19.4 Å². The van der Waals surface area contributed by atoms with Crippen LogP contribution in [0.4, 0.5) is 0 Å². The SMILES string of the molecule is CC1(C)c2cc(-c3cccc4c3oc3c(-c5cccc(-c6nc(-c7ccccc7)nc(-c7ccccc7)n6)c5)cccc34)ccc2-c2c1ccc1ncsc21. The van der Waals surface area contributed by atoms with Gasteiger partial charge in [-0.15, -0.1) is 11.3 Å². The van der Waals surface area contributed by atoms with Crippen LogP contribution in [0.2, 0.25) is 0 Å². The van der Waals surface area contributed by atoms with Crippen molar-refractivity contribution in [1.82, 2.24) is 19.9 Å². The lowest BCUT2D eigenvalue weighted by Crippen LogP contribution is -2.14. The topological polar surface area (TPSA) is 64.7 Å². The predicted molar refractivity (Wildman–Crippen MR) is 225 cm³/mol. The highest BCUT2D eigenvalue weighted by Gasteiger charge is 2.37. The minimum atomic E-state index is -0.138. The number of furan rings is 1. The summed E-state index contributed by atoms with van der Waals surface area (Å²) in [5.74, 6) is 1.89. The average molecular weight is 725 g/mol. The van der Waals surface area contributed by atoms with E-state index < -0.39 is 0 Å². The van der Waals surface area contributed by atoms with Crippen molar-refractivity contribution < 1.29 is 4.42 Å². The molecular weight excluding hydrogens is 693 g/mol. The van der Waals surface area contributed by atoms with Gasteiger partial charge in [0.05, 0.1) is 15.7 Å².